The molecule has 1 atom stereocenters. The van der Waals surface area contributed by atoms with E-state index in [2.05, 4.69) is 20.7 Å². The average Bonchev–Trinajstić information content (AvgIpc) is 3.03. The number of aryl methyl sites for hydroxylation is 2. The molecule has 26 heavy (non-hydrogen) atoms. The number of hydrogen-bond acceptors (Lipinski definition) is 3. The van der Waals surface area contributed by atoms with E-state index >= 15 is 0 Å². The van der Waals surface area contributed by atoms with Crippen molar-refractivity contribution >= 4 is 5.96 Å². The molecule has 2 aromatic rings. The van der Waals surface area contributed by atoms with Gasteiger partial charge in [0.25, 0.3) is 0 Å². The van der Waals surface area contributed by atoms with Crippen LogP contribution in [0, 0.1) is 5.82 Å². The molecule has 1 heterocycles. The van der Waals surface area contributed by atoms with Crippen LogP contribution >= 0.6 is 0 Å². The van der Waals surface area contributed by atoms with Crippen molar-refractivity contribution in [2.75, 3.05) is 19.6 Å². The standard InChI is InChI=1S/C19H28FN5O/c1-4-21-19(22-11-5-6-16-13-24-25(3)14-16)23-12-15(2)26-18-9-7-17(20)8-10-18/h7-10,13-15H,4-6,11-12H2,1-3H3,(H2,21,22,23). The van der Waals surface area contributed by atoms with Gasteiger partial charge < -0.3 is 15.4 Å². The molecular weight excluding hydrogens is 333 g/mol. The molecule has 0 bridgehead atoms. The van der Waals surface area contributed by atoms with Gasteiger partial charge in [-0.2, -0.15) is 5.10 Å². The average molecular weight is 361 g/mol. The van der Waals surface area contributed by atoms with E-state index in [1.54, 1.807) is 12.1 Å². The Morgan fingerprint density at radius 3 is 2.73 bits per heavy atom. The van der Waals surface area contributed by atoms with Crippen LogP contribution in [0.15, 0.2) is 41.7 Å². The third kappa shape index (κ3) is 7.13. The third-order valence-corrected chi connectivity index (χ3v) is 3.69. The number of rotatable bonds is 9. The van der Waals surface area contributed by atoms with Gasteiger partial charge >= 0.3 is 0 Å². The molecule has 0 aliphatic heterocycles. The third-order valence-electron chi connectivity index (χ3n) is 3.69. The van der Waals surface area contributed by atoms with Gasteiger partial charge in [-0.3, -0.25) is 4.68 Å². The summed E-state index contributed by atoms with van der Waals surface area (Å²) in [6.07, 6.45) is 5.80. The molecule has 2 N–H and O–H groups in total. The smallest absolute Gasteiger partial charge is 0.191 e. The predicted molar refractivity (Wildman–Crippen MR) is 102 cm³/mol. The molecule has 0 saturated carbocycles. The Balaban J connectivity index is 1.74. The zero-order chi connectivity index (χ0) is 18.8. The van der Waals surface area contributed by atoms with Crippen molar-refractivity contribution in [2.24, 2.45) is 12.0 Å². The SMILES string of the molecule is CCNC(=NCC(C)Oc1ccc(F)cc1)NCCCc1cnn(C)c1. The molecule has 2 rings (SSSR count). The van der Waals surface area contributed by atoms with Crippen LogP contribution in [0.5, 0.6) is 5.75 Å². The van der Waals surface area contributed by atoms with Gasteiger partial charge in [-0.15, -0.1) is 0 Å². The van der Waals surface area contributed by atoms with Crippen molar-refractivity contribution in [3.05, 3.63) is 48.0 Å². The van der Waals surface area contributed by atoms with Gasteiger partial charge in [-0.05, 0) is 56.5 Å². The Morgan fingerprint density at radius 2 is 2.08 bits per heavy atom. The molecule has 0 saturated heterocycles. The highest BCUT2D eigenvalue weighted by Crippen LogP contribution is 2.13. The van der Waals surface area contributed by atoms with Crippen LogP contribution in [-0.4, -0.2) is 41.5 Å². The van der Waals surface area contributed by atoms with E-state index in [1.165, 1.54) is 17.7 Å². The van der Waals surface area contributed by atoms with Crippen LogP contribution in [0.25, 0.3) is 0 Å². The summed E-state index contributed by atoms with van der Waals surface area (Å²) in [4.78, 5) is 4.55. The number of aromatic nitrogens is 2. The van der Waals surface area contributed by atoms with Gasteiger partial charge in [-0.1, -0.05) is 0 Å². The van der Waals surface area contributed by atoms with Crippen molar-refractivity contribution in [1.29, 1.82) is 0 Å². The lowest BCUT2D eigenvalue weighted by Crippen LogP contribution is -2.38. The number of hydrogen-bond donors (Lipinski definition) is 2. The highest BCUT2D eigenvalue weighted by atomic mass is 19.1. The normalized spacial score (nSPS) is 12.7. The van der Waals surface area contributed by atoms with Crippen LogP contribution in [-0.2, 0) is 13.5 Å². The van der Waals surface area contributed by atoms with Crippen LogP contribution < -0.4 is 15.4 Å². The second-order valence-corrected chi connectivity index (χ2v) is 6.15. The lowest BCUT2D eigenvalue weighted by Gasteiger charge is -2.15. The van der Waals surface area contributed by atoms with E-state index in [-0.39, 0.29) is 11.9 Å². The van der Waals surface area contributed by atoms with E-state index in [0.717, 1.165) is 31.9 Å². The van der Waals surface area contributed by atoms with E-state index < -0.39 is 0 Å². The first-order valence-electron chi connectivity index (χ1n) is 8.98. The Morgan fingerprint density at radius 1 is 1.31 bits per heavy atom. The van der Waals surface area contributed by atoms with Gasteiger partial charge in [0.1, 0.15) is 17.7 Å². The molecule has 0 amide bonds. The van der Waals surface area contributed by atoms with E-state index in [9.17, 15) is 4.39 Å². The predicted octanol–water partition coefficient (Wildman–Crippen LogP) is 2.51. The summed E-state index contributed by atoms with van der Waals surface area (Å²) < 4.78 is 20.5. The molecule has 1 aromatic heterocycles. The molecular formula is C19H28FN5O. The Hall–Kier alpha value is -2.57. The van der Waals surface area contributed by atoms with Gasteiger partial charge in [0.05, 0.1) is 12.7 Å². The second-order valence-electron chi connectivity index (χ2n) is 6.15. The fraction of sp³-hybridized carbons (Fsp3) is 0.474. The van der Waals surface area contributed by atoms with E-state index in [4.69, 9.17) is 4.74 Å². The molecule has 1 aromatic carbocycles. The summed E-state index contributed by atoms with van der Waals surface area (Å²) in [5, 5.41) is 10.7. The number of nitrogens with zero attached hydrogens (tertiary/aromatic N) is 3. The highest BCUT2D eigenvalue weighted by Gasteiger charge is 2.05. The molecule has 0 aliphatic rings. The van der Waals surface area contributed by atoms with E-state index in [0.29, 0.717) is 12.3 Å². The number of benzene rings is 1. The number of aliphatic imine (C=N–C) groups is 1. The summed E-state index contributed by atoms with van der Waals surface area (Å²) in [5.41, 5.74) is 1.23. The summed E-state index contributed by atoms with van der Waals surface area (Å²) in [6.45, 7) is 6.11. The zero-order valence-corrected chi connectivity index (χ0v) is 15.7. The summed E-state index contributed by atoms with van der Waals surface area (Å²) in [7, 11) is 1.92. The molecule has 0 fully saturated rings. The van der Waals surface area contributed by atoms with Crippen molar-refractivity contribution in [1.82, 2.24) is 20.4 Å². The maximum Gasteiger partial charge on any atom is 0.191 e. The van der Waals surface area contributed by atoms with Crippen LogP contribution in [0.1, 0.15) is 25.8 Å². The summed E-state index contributed by atoms with van der Waals surface area (Å²) in [6, 6.07) is 6.02. The fourth-order valence-electron chi connectivity index (χ4n) is 2.44. The van der Waals surface area contributed by atoms with Crippen LogP contribution in [0.4, 0.5) is 4.39 Å². The maximum absolute atomic E-state index is 12.9. The Labute approximate surface area is 154 Å². The monoisotopic (exact) mass is 361 g/mol. The zero-order valence-electron chi connectivity index (χ0n) is 15.7. The van der Waals surface area contributed by atoms with Crippen molar-refractivity contribution in [3.63, 3.8) is 0 Å². The molecule has 1 unspecified atom stereocenters. The Bertz CT molecular complexity index is 683. The first-order valence-corrected chi connectivity index (χ1v) is 8.98. The number of nitrogens with one attached hydrogen (secondary N) is 2. The van der Waals surface area contributed by atoms with Crippen molar-refractivity contribution in [3.8, 4) is 5.75 Å². The fourth-order valence-corrected chi connectivity index (χ4v) is 2.44. The molecule has 0 radical (unpaired) electrons. The van der Waals surface area contributed by atoms with Crippen molar-refractivity contribution < 1.29 is 9.13 Å². The maximum atomic E-state index is 12.9. The van der Waals surface area contributed by atoms with Gasteiger partial charge in [0.15, 0.2) is 5.96 Å². The van der Waals surface area contributed by atoms with Gasteiger partial charge in [0.2, 0.25) is 0 Å². The van der Waals surface area contributed by atoms with Gasteiger partial charge in [0, 0.05) is 26.3 Å². The lowest BCUT2D eigenvalue weighted by molar-refractivity contribution is 0.230. The minimum Gasteiger partial charge on any atom is -0.489 e. The summed E-state index contributed by atoms with van der Waals surface area (Å²) in [5.74, 6) is 1.14. The lowest BCUT2D eigenvalue weighted by atomic mass is 10.2. The second kappa shape index (κ2) is 10.4. The molecule has 0 aliphatic carbocycles. The molecule has 6 nitrogen and oxygen atoms in total. The van der Waals surface area contributed by atoms with Crippen LogP contribution in [0.3, 0.4) is 0 Å². The number of halogens is 1. The largest absolute Gasteiger partial charge is 0.489 e. The highest BCUT2D eigenvalue weighted by molar-refractivity contribution is 5.79. The van der Waals surface area contributed by atoms with Crippen LogP contribution in [0.2, 0.25) is 0 Å². The number of ether oxygens (including phenoxy) is 1. The van der Waals surface area contributed by atoms with Gasteiger partial charge in [-0.25, -0.2) is 9.38 Å². The first kappa shape index (κ1) is 19.8. The Kier molecular flexibility index (Phi) is 7.92. The minimum absolute atomic E-state index is 0.105. The number of guanidine groups is 1. The topological polar surface area (TPSA) is 63.5 Å². The summed E-state index contributed by atoms with van der Waals surface area (Å²) >= 11 is 0. The first-order chi connectivity index (χ1) is 12.6. The molecule has 0 spiro atoms. The molecule has 7 heteroatoms. The molecule has 142 valence electrons. The van der Waals surface area contributed by atoms with E-state index in [1.807, 2.05) is 38.0 Å². The minimum atomic E-state index is -0.270. The van der Waals surface area contributed by atoms with Crippen molar-refractivity contribution in [2.45, 2.75) is 32.8 Å². The quantitative estimate of drug-likeness (QED) is 0.409.